The monoisotopic (exact) mass is 431 g/mol. The third-order valence-corrected chi connectivity index (χ3v) is 6.55. The van der Waals surface area contributed by atoms with Gasteiger partial charge in [0.2, 0.25) is 0 Å². The smallest absolute Gasteiger partial charge is 0.280 e. The molecule has 2 aromatic rings. The predicted octanol–water partition coefficient (Wildman–Crippen LogP) is 6.00. The maximum atomic E-state index is 13.2. The minimum atomic E-state index is -0.115. The van der Waals surface area contributed by atoms with Gasteiger partial charge in [-0.3, -0.25) is 4.79 Å². The second-order valence-corrected chi connectivity index (χ2v) is 9.42. The molecule has 0 spiro atoms. The van der Waals surface area contributed by atoms with Crippen molar-refractivity contribution in [3.8, 4) is 5.75 Å². The predicted molar refractivity (Wildman–Crippen MR) is 133 cm³/mol. The molecule has 2 aliphatic heterocycles. The number of methoxy groups -OCH3 is 1. The van der Waals surface area contributed by atoms with Crippen molar-refractivity contribution in [2.24, 2.45) is 5.10 Å². The molecule has 1 amide bonds. The van der Waals surface area contributed by atoms with Crippen molar-refractivity contribution in [3.63, 3.8) is 0 Å². The van der Waals surface area contributed by atoms with Crippen molar-refractivity contribution in [1.29, 1.82) is 0 Å². The molecule has 5 heteroatoms. The molecule has 0 saturated heterocycles. The molecule has 0 bridgehead atoms. The molecule has 0 radical (unpaired) electrons. The molecule has 4 rings (SSSR count). The first-order valence-corrected chi connectivity index (χ1v) is 11.4. The number of hydrogen-bond acceptors (Lipinski definition) is 4. The number of amides is 1. The number of carbonyl (C=O) groups excluding carboxylic acids is 1. The zero-order chi connectivity index (χ0) is 23.0. The van der Waals surface area contributed by atoms with Gasteiger partial charge in [0, 0.05) is 29.4 Å². The van der Waals surface area contributed by atoms with Gasteiger partial charge in [-0.05, 0) is 69.4 Å². The van der Waals surface area contributed by atoms with Crippen LogP contribution < -0.4 is 14.6 Å². The van der Waals surface area contributed by atoms with E-state index in [-0.39, 0.29) is 11.4 Å². The molecule has 2 aromatic carbocycles. The van der Waals surface area contributed by atoms with Crippen molar-refractivity contribution in [2.45, 2.75) is 58.9 Å². The van der Waals surface area contributed by atoms with Crippen LogP contribution in [0.5, 0.6) is 5.75 Å². The summed E-state index contributed by atoms with van der Waals surface area (Å²) in [7, 11) is 1.69. The van der Waals surface area contributed by atoms with Crippen LogP contribution >= 0.6 is 0 Å². The Kier molecular flexibility index (Phi) is 5.85. The fourth-order valence-corrected chi connectivity index (χ4v) is 5.05. The first-order chi connectivity index (χ1) is 15.3. The van der Waals surface area contributed by atoms with Gasteiger partial charge < -0.3 is 9.64 Å². The maximum Gasteiger partial charge on any atom is 0.280 e. The van der Waals surface area contributed by atoms with Crippen LogP contribution in [0.4, 0.5) is 11.4 Å². The zero-order valence-corrected chi connectivity index (χ0v) is 20.0. The van der Waals surface area contributed by atoms with Gasteiger partial charge in [0.25, 0.3) is 5.91 Å². The molecule has 32 heavy (non-hydrogen) atoms. The van der Waals surface area contributed by atoms with E-state index < -0.39 is 0 Å². The summed E-state index contributed by atoms with van der Waals surface area (Å²) in [6, 6.07) is 13.9. The number of benzene rings is 2. The Labute approximate surface area is 191 Å². The van der Waals surface area contributed by atoms with E-state index in [9.17, 15) is 4.79 Å². The minimum absolute atomic E-state index is 0.0915. The normalized spacial score (nSPS) is 21.1. The van der Waals surface area contributed by atoms with Crippen LogP contribution in [0.1, 0.15) is 64.5 Å². The SMILES string of the molecule is CCCN1c2cc(OC)c(/C=C3\C(=O)N(c4ccccc4)N=C3C)cc2C(C)CC1(C)C. The molecule has 0 fully saturated rings. The van der Waals surface area contributed by atoms with E-state index in [0.29, 0.717) is 17.2 Å². The average Bonchev–Trinajstić information content (AvgIpc) is 3.05. The van der Waals surface area contributed by atoms with Gasteiger partial charge in [-0.1, -0.05) is 32.0 Å². The summed E-state index contributed by atoms with van der Waals surface area (Å²) in [5.74, 6) is 1.09. The molecule has 0 N–H and O–H groups in total. The Hall–Kier alpha value is -3.08. The van der Waals surface area contributed by atoms with Gasteiger partial charge in [0.05, 0.1) is 24.1 Å². The van der Waals surface area contributed by atoms with Crippen molar-refractivity contribution >= 4 is 29.1 Å². The van der Waals surface area contributed by atoms with Crippen molar-refractivity contribution in [1.82, 2.24) is 0 Å². The summed E-state index contributed by atoms with van der Waals surface area (Å²) in [5.41, 5.74) is 5.63. The highest BCUT2D eigenvalue weighted by molar-refractivity contribution is 6.32. The number of anilines is 2. The Morgan fingerprint density at radius 1 is 1.22 bits per heavy atom. The topological polar surface area (TPSA) is 45.1 Å². The zero-order valence-electron chi connectivity index (χ0n) is 20.0. The number of nitrogens with zero attached hydrogens (tertiary/aromatic N) is 3. The quantitative estimate of drug-likeness (QED) is 0.545. The Morgan fingerprint density at radius 2 is 1.94 bits per heavy atom. The van der Waals surface area contributed by atoms with Crippen molar-refractivity contribution in [3.05, 3.63) is 59.2 Å². The molecule has 0 saturated carbocycles. The molecule has 0 aromatic heterocycles. The molecule has 0 aliphatic carbocycles. The molecule has 1 atom stereocenters. The highest BCUT2D eigenvalue weighted by Gasteiger charge is 2.37. The molecule has 2 aliphatic rings. The van der Waals surface area contributed by atoms with Gasteiger partial charge in [-0.2, -0.15) is 10.1 Å². The standard InChI is InChI=1S/C27H33N3O2/c1-7-13-29-24-16-25(32-6)20(14-22(24)18(2)17-27(29,4)5)15-23-19(3)28-30(26(23)31)21-11-9-8-10-12-21/h8-12,14-16,18H,7,13,17H2,1-6H3/b23-15-. The maximum absolute atomic E-state index is 13.2. The number of rotatable bonds is 5. The molecule has 5 nitrogen and oxygen atoms in total. The third-order valence-electron chi connectivity index (χ3n) is 6.55. The van der Waals surface area contributed by atoms with E-state index in [4.69, 9.17) is 4.74 Å². The number of para-hydroxylation sites is 1. The highest BCUT2D eigenvalue weighted by atomic mass is 16.5. The summed E-state index contributed by atoms with van der Waals surface area (Å²) in [5, 5.41) is 5.99. The number of fused-ring (bicyclic) bond motifs is 1. The Balaban J connectivity index is 1.77. The lowest BCUT2D eigenvalue weighted by Gasteiger charge is -2.47. The minimum Gasteiger partial charge on any atom is -0.496 e. The van der Waals surface area contributed by atoms with Crippen LogP contribution in [0.25, 0.3) is 6.08 Å². The van der Waals surface area contributed by atoms with Crippen LogP contribution in [0, 0.1) is 0 Å². The second kappa shape index (κ2) is 8.45. The second-order valence-electron chi connectivity index (χ2n) is 9.42. The first-order valence-electron chi connectivity index (χ1n) is 11.4. The fourth-order valence-electron chi connectivity index (χ4n) is 5.05. The van der Waals surface area contributed by atoms with Crippen LogP contribution in [-0.2, 0) is 4.79 Å². The molecular formula is C27H33N3O2. The first kappa shape index (κ1) is 22.1. The number of ether oxygens (including phenoxy) is 1. The largest absolute Gasteiger partial charge is 0.496 e. The lowest BCUT2D eigenvalue weighted by Crippen LogP contribution is -2.48. The molecule has 2 heterocycles. The number of carbonyl (C=O) groups is 1. The van der Waals surface area contributed by atoms with Crippen LogP contribution in [0.3, 0.4) is 0 Å². The number of hydrogen-bond donors (Lipinski definition) is 0. The van der Waals surface area contributed by atoms with Crippen LogP contribution in [0.2, 0.25) is 0 Å². The van der Waals surface area contributed by atoms with Gasteiger partial charge in [0.15, 0.2) is 0 Å². The Morgan fingerprint density at radius 3 is 2.59 bits per heavy atom. The van der Waals surface area contributed by atoms with E-state index in [2.05, 4.69) is 49.8 Å². The number of hydrazone groups is 1. The summed E-state index contributed by atoms with van der Waals surface area (Å²) < 4.78 is 5.80. The van der Waals surface area contributed by atoms with E-state index >= 15 is 0 Å². The Bertz CT molecular complexity index is 1090. The van der Waals surface area contributed by atoms with E-state index in [1.54, 1.807) is 7.11 Å². The van der Waals surface area contributed by atoms with Gasteiger partial charge in [0.1, 0.15) is 5.75 Å². The summed E-state index contributed by atoms with van der Waals surface area (Å²) in [6.07, 6.45) is 4.11. The molecule has 168 valence electrons. The highest BCUT2D eigenvalue weighted by Crippen LogP contribution is 2.46. The fraction of sp³-hybridized carbons (Fsp3) is 0.407. The van der Waals surface area contributed by atoms with Gasteiger partial charge in [-0.25, -0.2) is 0 Å². The third kappa shape index (κ3) is 3.81. The van der Waals surface area contributed by atoms with Gasteiger partial charge >= 0.3 is 0 Å². The van der Waals surface area contributed by atoms with E-state index in [1.165, 1.54) is 16.3 Å². The van der Waals surface area contributed by atoms with E-state index in [1.807, 2.05) is 43.3 Å². The lowest BCUT2D eigenvalue weighted by atomic mass is 9.79. The summed E-state index contributed by atoms with van der Waals surface area (Å²) in [6.45, 7) is 12.0. The van der Waals surface area contributed by atoms with Crippen LogP contribution in [0.15, 0.2) is 53.1 Å². The van der Waals surface area contributed by atoms with Crippen molar-refractivity contribution in [2.75, 3.05) is 23.6 Å². The summed E-state index contributed by atoms with van der Waals surface area (Å²) >= 11 is 0. The average molecular weight is 432 g/mol. The van der Waals surface area contributed by atoms with E-state index in [0.717, 1.165) is 36.4 Å². The summed E-state index contributed by atoms with van der Waals surface area (Å²) in [4.78, 5) is 15.7. The molecule has 1 unspecified atom stereocenters. The van der Waals surface area contributed by atoms with Crippen LogP contribution in [-0.4, -0.2) is 30.8 Å². The lowest BCUT2D eigenvalue weighted by molar-refractivity contribution is -0.114. The molecular weight excluding hydrogens is 398 g/mol. The van der Waals surface area contributed by atoms with Gasteiger partial charge in [-0.15, -0.1) is 0 Å². The van der Waals surface area contributed by atoms with Crippen molar-refractivity contribution < 1.29 is 9.53 Å².